The van der Waals surface area contributed by atoms with Gasteiger partial charge in [0, 0.05) is 18.3 Å². The molecule has 0 aliphatic heterocycles. The number of Topliss-reactive ketones (excluding diaryl/α,β-unsaturated/α-hetero) is 1. The minimum Gasteiger partial charge on any atom is -0.392 e. The summed E-state index contributed by atoms with van der Waals surface area (Å²) in [7, 11) is 0. The Morgan fingerprint density at radius 3 is 2.67 bits per heavy atom. The first-order valence-corrected chi connectivity index (χ1v) is 8.34. The van der Waals surface area contributed by atoms with E-state index in [0.717, 1.165) is 19.3 Å². The molecular formula is C18H30O3. The van der Waals surface area contributed by atoms with Gasteiger partial charge in [0.15, 0.2) is 0 Å². The maximum absolute atomic E-state index is 12.0. The van der Waals surface area contributed by atoms with E-state index >= 15 is 0 Å². The number of ketones is 1. The third kappa shape index (κ3) is 6.15. The normalized spacial score (nSPS) is 28.0. The summed E-state index contributed by atoms with van der Waals surface area (Å²) in [6.07, 6.45) is 12.9. The highest BCUT2D eigenvalue weighted by Gasteiger charge is 2.38. The van der Waals surface area contributed by atoms with E-state index < -0.39 is 12.2 Å². The molecule has 1 fully saturated rings. The number of unbranched alkanes of at least 4 members (excludes halogenated alkanes) is 3. The molecule has 120 valence electrons. The summed E-state index contributed by atoms with van der Waals surface area (Å²) in [5, 5.41) is 19.8. The Morgan fingerprint density at radius 1 is 1.24 bits per heavy atom. The van der Waals surface area contributed by atoms with Gasteiger partial charge in [0.1, 0.15) is 5.78 Å². The zero-order valence-electron chi connectivity index (χ0n) is 13.4. The monoisotopic (exact) mass is 294 g/mol. The van der Waals surface area contributed by atoms with Gasteiger partial charge in [0.25, 0.3) is 0 Å². The minimum atomic E-state index is -0.618. The molecular weight excluding hydrogens is 264 g/mol. The third-order valence-electron chi connectivity index (χ3n) is 4.10. The standard InChI is InChI=1S/C18H30O3/c1-3-5-6-7-8-10-15-16(18(21)13-17(15)20)12-11-14(19)9-4-2/h8,10-12,14-16,18-19,21H,3-7,9,13H2,1-2H3/b10-8+,12-11+. The van der Waals surface area contributed by atoms with Crippen LogP contribution in [0.3, 0.4) is 0 Å². The van der Waals surface area contributed by atoms with Crippen LogP contribution in [0.5, 0.6) is 0 Å². The van der Waals surface area contributed by atoms with Gasteiger partial charge >= 0.3 is 0 Å². The molecule has 0 heterocycles. The van der Waals surface area contributed by atoms with Gasteiger partial charge in [-0.3, -0.25) is 4.79 Å². The van der Waals surface area contributed by atoms with Gasteiger partial charge in [-0.2, -0.15) is 0 Å². The lowest BCUT2D eigenvalue weighted by molar-refractivity contribution is -0.120. The van der Waals surface area contributed by atoms with E-state index in [-0.39, 0.29) is 24.0 Å². The molecule has 3 heteroatoms. The van der Waals surface area contributed by atoms with Crippen molar-refractivity contribution in [2.75, 3.05) is 0 Å². The molecule has 0 saturated heterocycles. The Balaban J connectivity index is 2.59. The van der Waals surface area contributed by atoms with Crippen molar-refractivity contribution in [3.8, 4) is 0 Å². The number of carbonyl (C=O) groups excluding carboxylic acids is 1. The van der Waals surface area contributed by atoms with Crippen molar-refractivity contribution in [2.24, 2.45) is 11.8 Å². The van der Waals surface area contributed by atoms with Gasteiger partial charge in [-0.15, -0.1) is 0 Å². The highest BCUT2D eigenvalue weighted by atomic mass is 16.3. The summed E-state index contributed by atoms with van der Waals surface area (Å²) in [4.78, 5) is 12.0. The average molecular weight is 294 g/mol. The van der Waals surface area contributed by atoms with Gasteiger partial charge in [-0.05, 0) is 19.3 Å². The predicted molar refractivity (Wildman–Crippen MR) is 85.9 cm³/mol. The Kier molecular flexibility index (Phi) is 8.55. The van der Waals surface area contributed by atoms with E-state index in [1.807, 2.05) is 19.1 Å². The summed E-state index contributed by atoms with van der Waals surface area (Å²) in [5.74, 6) is -0.313. The SMILES string of the molecule is CCCCC/C=C/C1C(=O)CC(O)C1/C=C/C(O)CCC. The highest BCUT2D eigenvalue weighted by molar-refractivity contribution is 5.86. The molecule has 2 N–H and O–H groups in total. The maximum atomic E-state index is 12.0. The summed E-state index contributed by atoms with van der Waals surface area (Å²) in [6.45, 7) is 4.19. The molecule has 0 aromatic rings. The lowest BCUT2D eigenvalue weighted by atomic mass is 9.92. The molecule has 21 heavy (non-hydrogen) atoms. The molecule has 0 aromatic heterocycles. The number of aliphatic hydroxyl groups is 2. The zero-order chi connectivity index (χ0) is 15.7. The van der Waals surface area contributed by atoms with Gasteiger partial charge in [-0.25, -0.2) is 0 Å². The maximum Gasteiger partial charge on any atom is 0.143 e. The second-order valence-corrected chi connectivity index (χ2v) is 6.01. The third-order valence-corrected chi connectivity index (χ3v) is 4.10. The van der Waals surface area contributed by atoms with E-state index in [9.17, 15) is 15.0 Å². The van der Waals surface area contributed by atoms with Crippen LogP contribution >= 0.6 is 0 Å². The van der Waals surface area contributed by atoms with Crippen LogP contribution in [0.1, 0.15) is 58.8 Å². The van der Waals surface area contributed by atoms with E-state index in [2.05, 4.69) is 13.0 Å². The molecule has 1 aliphatic rings. The van der Waals surface area contributed by atoms with Crippen molar-refractivity contribution in [1.82, 2.24) is 0 Å². The van der Waals surface area contributed by atoms with E-state index in [1.165, 1.54) is 12.8 Å². The largest absolute Gasteiger partial charge is 0.392 e. The van der Waals surface area contributed by atoms with Crippen molar-refractivity contribution in [3.63, 3.8) is 0 Å². The van der Waals surface area contributed by atoms with Crippen LogP contribution in [0.25, 0.3) is 0 Å². The molecule has 0 aromatic carbocycles. The first-order valence-electron chi connectivity index (χ1n) is 8.34. The molecule has 1 rings (SSSR count). The Hall–Kier alpha value is -0.930. The van der Waals surface area contributed by atoms with Crippen molar-refractivity contribution in [2.45, 2.75) is 71.0 Å². The van der Waals surface area contributed by atoms with Crippen molar-refractivity contribution >= 4 is 5.78 Å². The fraction of sp³-hybridized carbons (Fsp3) is 0.722. The molecule has 1 saturated carbocycles. The van der Waals surface area contributed by atoms with Crippen LogP contribution in [-0.4, -0.2) is 28.2 Å². The van der Waals surface area contributed by atoms with Crippen LogP contribution in [0, 0.1) is 11.8 Å². The zero-order valence-corrected chi connectivity index (χ0v) is 13.4. The number of hydrogen-bond acceptors (Lipinski definition) is 3. The summed E-state index contributed by atoms with van der Waals surface area (Å²) < 4.78 is 0. The van der Waals surface area contributed by atoms with Crippen LogP contribution in [0.2, 0.25) is 0 Å². The highest BCUT2D eigenvalue weighted by Crippen LogP contribution is 2.32. The van der Waals surface area contributed by atoms with Crippen molar-refractivity contribution in [3.05, 3.63) is 24.3 Å². The molecule has 4 unspecified atom stereocenters. The average Bonchev–Trinajstić information content (AvgIpc) is 2.71. The van der Waals surface area contributed by atoms with Gasteiger partial charge in [-0.1, -0.05) is 57.4 Å². The molecule has 0 bridgehead atoms. The topological polar surface area (TPSA) is 57.5 Å². The van der Waals surface area contributed by atoms with E-state index in [4.69, 9.17) is 0 Å². The Morgan fingerprint density at radius 2 is 2.00 bits per heavy atom. The number of allylic oxidation sites excluding steroid dienone is 2. The van der Waals surface area contributed by atoms with Gasteiger partial charge in [0.05, 0.1) is 12.2 Å². The quantitative estimate of drug-likeness (QED) is 0.506. The van der Waals surface area contributed by atoms with Crippen LogP contribution in [0.15, 0.2) is 24.3 Å². The van der Waals surface area contributed by atoms with Crippen LogP contribution < -0.4 is 0 Å². The number of hydrogen-bond donors (Lipinski definition) is 2. The van der Waals surface area contributed by atoms with Crippen LogP contribution in [-0.2, 0) is 4.79 Å². The van der Waals surface area contributed by atoms with Gasteiger partial charge in [0.2, 0.25) is 0 Å². The lowest BCUT2D eigenvalue weighted by Crippen LogP contribution is -2.17. The fourth-order valence-electron chi connectivity index (χ4n) is 2.82. The molecule has 0 spiro atoms. The summed E-state index contributed by atoms with van der Waals surface area (Å²) >= 11 is 0. The predicted octanol–water partition coefficient (Wildman–Crippen LogP) is 3.41. The minimum absolute atomic E-state index is 0.105. The first-order chi connectivity index (χ1) is 10.1. The van der Waals surface area contributed by atoms with Crippen molar-refractivity contribution < 1.29 is 15.0 Å². The van der Waals surface area contributed by atoms with E-state index in [1.54, 1.807) is 6.08 Å². The number of rotatable bonds is 9. The molecule has 4 atom stereocenters. The Labute approximate surface area is 128 Å². The van der Waals surface area contributed by atoms with E-state index in [0.29, 0.717) is 6.42 Å². The molecule has 3 nitrogen and oxygen atoms in total. The first kappa shape index (κ1) is 18.1. The van der Waals surface area contributed by atoms with Crippen LogP contribution in [0.4, 0.5) is 0 Å². The lowest BCUT2D eigenvalue weighted by Gasteiger charge is -2.15. The smallest absolute Gasteiger partial charge is 0.143 e. The number of aliphatic hydroxyl groups excluding tert-OH is 2. The summed E-state index contributed by atoms with van der Waals surface area (Å²) in [6, 6.07) is 0. The second-order valence-electron chi connectivity index (χ2n) is 6.01. The summed E-state index contributed by atoms with van der Waals surface area (Å²) in [5.41, 5.74) is 0. The van der Waals surface area contributed by atoms with Gasteiger partial charge < -0.3 is 10.2 Å². The molecule has 0 radical (unpaired) electrons. The molecule has 1 aliphatic carbocycles. The second kappa shape index (κ2) is 9.91. The number of carbonyl (C=O) groups is 1. The Bertz CT molecular complexity index is 359. The fourth-order valence-corrected chi connectivity index (χ4v) is 2.82. The molecule has 0 amide bonds. The van der Waals surface area contributed by atoms with Crippen molar-refractivity contribution in [1.29, 1.82) is 0 Å².